The normalized spacial score (nSPS) is 10.1. The summed E-state index contributed by atoms with van der Waals surface area (Å²) in [5.74, 6) is -0.346. The third-order valence-electron chi connectivity index (χ3n) is 1.43. The minimum absolute atomic E-state index is 0.346. The monoisotopic (exact) mass is 168 g/mol. The van der Waals surface area contributed by atoms with E-state index < -0.39 is 0 Å². The predicted molar refractivity (Wildman–Crippen MR) is 49.6 cm³/mol. The molecular weight excluding hydrogens is 152 g/mol. The molecule has 0 aliphatic heterocycles. The Morgan fingerprint density at radius 1 is 1.50 bits per heavy atom. The molecule has 2 nitrogen and oxygen atoms in total. The summed E-state index contributed by atoms with van der Waals surface area (Å²) in [5.41, 5.74) is 0. The molecule has 0 aromatic rings. The molecule has 0 N–H and O–H groups in total. The lowest BCUT2D eigenvalue weighted by Crippen LogP contribution is -1.92. The van der Waals surface area contributed by atoms with Gasteiger partial charge < -0.3 is 4.74 Å². The quantitative estimate of drug-likeness (QED) is 0.264. The molecule has 0 aromatic carbocycles. The number of allylic oxidation sites excluding steroid dienone is 1. The van der Waals surface area contributed by atoms with Crippen LogP contribution in [0.2, 0.25) is 0 Å². The van der Waals surface area contributed by atoms with Gasteiger partial charge in [-0.05, 0) is 12.8 Å². The van der Waals surface area contributed by atoms with E-state index in [1.165, 1.54) is 18.9 Å². The topological polar surface area (TPSA) is 26.3 Å². The Hall–Kier alpha value is -1.05. The van der Waals surface area contributed by atoms with Gasteiger partial charge in [0.05, 0.1) is 6.26 Å². The van der Waals surface area contributed by atoms with Crippen molar-refractivity contribution in [1.82, 2.24) is 0 Å². The number of hydrogen-bond acceptors (Lipinski definition) is 2. The van der Waals surface area contributed by atoms with Crippen LogP contribution in [0.15, 0.2) is 25.0 Å². The fraction of sp³-hybridized carbons (Fsp3) is 0.500. The van der Waals surface area contributed by atoms with Crippen LogP contribution in [-0.4, -0.2) is 5.97 Å². The van der Waals surface area contributed by atoms with Crippen LogP contribution < -0.4 is 0 Å². The van der Waals surface area contributed by atoms with Gasteiger partial charge in [0.25, 0.3) is 0 Å². The molecule has 0 aliphatic carbocycles. The number of ether oxygens (including phenoxy) is 1. The zero-order valence-electron chi connectivity index (χ0n) is 7.58. The van der Waals surface area contributed by atoms with E-state index in [0.717, 1.165) is 19.1 Å². The molecule has 12 heavy (non-hydrogen) atoms. The molecule has 0 fully saturated rings. The molecule has 0 aliphatic rings. The smallest absolute Gasteiger partial charge is 0.335 e. The van der Waals surface area contributed by atoms with Crippen LogP contribution in [0.3, 0.4) is 0 Å². The first-order chi connectivity index (χ1) is 5.81. The van der Waals surface area contributed by atoms with Gasteiger partial charge in [-0.15, -0.1) is 0 Å². The maximum absolute atomic E-state index is 10.7. The van der Waals surface area contributed by atoms with E-state index in [2.05, 4.69) is 18.2 Å². The lowest BCUT2D eigenvalue weighted by atomic mass is 10.2. The summed E-state index contributed by atoms with van der Waals surface area (Å²) in [5, 5.41) is 0. The molecule has 0 atom stereocenters. The van der Waals surface area contributed by atoms with Crippen molar-refractivity contribution in [3.05, 3.63) is 25.0 Å². The molecule has 68 valence electrons. The highest BCUT2D eigenvalue weighted by atomic mass is 16.5. The lowest BCUT2D eigenvalue weighted by molar-refractivity contribution is -0.132. The zero-order valence-corrected chi connectivity index (χ0v) is 7.58. The van der Waals surface area contributed by atoms with Gasteiger partial charge in [0.2, 0.25) is 0 Å². The fourth-order valence-electron chi connectivity index (χ4n) is 0.813. The van der Waals surface area contributed by atoms with E-state index in [4.69, 9.17) is 0 Å². The summed E-state index contributed by atoms with van der Waals surface area (Å²) in [6, 6.07) is 0. The third-order valence-corrected chi connectivity index (χ3v) is 1.43. The molecule has 0 rings (SSSR count). The van der Waals surface area contributed by atoms with Crippen LogP contribution in [0, 0.1) is 0 Å². The first-order valence-electron chi connectivity index (χ1n) is 4.29. The second-order valence-electron chi connectivity index (χ2n) is 2.50. The number of carbonyl (C=O) groups excluding carboxylic acids is 1. The SMILES string of the molecule is C=COC(=O)C=CCCCCC. The van der Waals surface area contributed by atoms with Crippen molar-refractivity contribution in [2.45, 2.75) is 32.6 Å². The highest BCUT2D eigenvalue weighted by molar-refractivity contribution is 5.82. The average molecular weight is 168 g/mol. The van der Waals surface area contributed by atoms with E-state index >= 15 is 0 Å². The number of carbonyl (C=O) groups is 1. The van der Waals surface area contributed by atoms with Crippen LogP contribution in [0.4, 0.5) is 0 Å². The Labute approximate surface area is 73.9 Å². The maximum Gasteiger partial charge on any atom is 0.335 e. The van der Waals surface area contributed by atoms with Crippen molar-refractivity contribution in [2.75, 3.05) is 0 Å². The van der Waals surface area contributed by atoms with Crippen molar-refractivity contribution in [2.24, 2.45) is 0 Å². The Morgan fingerprint density at radius 3 is 2.83 bits per heavy atom. The number of unbranched alkanes of at least 4 members (excludes halogenated alkanes) is 3. The summed E-state index contributed by atoms with van der Waals surface area (Å²) >= 11 is 0. The maximum atomic E-state index is 10.7. The average Bonchev–Trinajstić information content (AvgIpc) is 2.05. The largest absolute Gasteiger partial charge is 0.432 e. The molecule has 0 radical (unpaired) electrons. The summed E-state index contributed by atoms with van der Waals surface area (Å²) in [4.78, 5) is 10.7. The van der Waals surface area contributed by atoms with Gasteiger partial charge in [0, 0.05) is 6.08 Å². The molecule has 0 unspecified atom stereocenters. The van der Waals surface area contributed by atoms with Gasteiger partial charge in [-0.3, -0.25) is 0 Å². The van der Waals surface area contributed by atoms with Gasteiger partial charge >= 0.3 is 5.97 Å². The van der Waals surface area contributed by atoms with Crippen molar-refractivity contribution in [3.63, 3.8) is 0 Å². The first kappa shape index (κ1) is 11.0. The van der Waals surface area contributed by atoms with Crippen molar-refractivity contribution in [1.29, 1.82) is 0 Å². The Balaban J connectivity index is 3.34. The number of hydrogen-bond donors (Lipinski definition) is 0. The molecule has 0 saturated heterocycles. The molecule has 0 heterocycles. The van der Waals surface area contributed by atoms with Crippen molar-refractivity contribution >= 4 is 5.97 Å². The summed E-state index contributed by atoms with van der Waals surface area (Å²) in [6.07, 6.45) is 8.90. The highest BCUT2D eigenvalue weighted by Crippen LogP contribution is 1.99. The van der Waals surface area contributed by atoms with Gasteiger partial charge in [0.1, 0.15) is 0 Å². The Bertz CT molecular complexity index is 159. The van der Waals surface area contributed by atoms with Crippen LogP contribution in [0.1, 0.15) is 32.6 Å². The lowest BCUT2D eigenvalue weighted by Gasteiger charge is -1.92. The molecule has 0 spiro atoms. The van der Waals surface area contributed by atoms with Gasteiger partial charge in [0.15, 0.2) is 0 Å². The zero-order chi connectivity index (χ0) is 9.23. The van der Waals surface area contributed by atoms with Crippen LogP contribution in [0.5, 0.6) is 0 Å². The minimum atomic E-state index is -0.346. The van der Waals surface area contributed by atoms with E-state index in [1.807, 2.05) is 6.08 Å². The van der Waals surface area contributed by atoms with E-state index in [0.29, 0.717) is 0 Å². The molecule has 0 aromatic heterocycles. The van der Waals surface area contributed by atoms with E-state index in [1.54, 1.807) is 0 Å². The second kappa shape index (κ2) is 8.05. The third kappa shape index (κ3) is 7.06. The molecule has 0 amide bonds. The molecule has 0 saturated carbocycles. The summed E-state index contributed by atoms with van der Waals surface area (Å²) < 4.78 is 4.49. The van der Waals surface area contributed by atoms with Gasteiger partial charge in [-0.25, -0.2) is 4.79 Å². The molecule has 2 heteroatoms. The second-order valence-corrected chi connectivity index (χ2v) is 2.50. The summed E-state index contributed by atoms with van der Waals surface area (Å²) in [7, 11) is 0. The Kier molecular flexibility index (Phi) is 7.35. The van der Waals surface area contributed by atoms with Crippen LogP contribution >= 0.6 is 0 Å². The fourth-order valence-corrected chi connectivity index (χ4v) is 0.813. The summed E-state index contributed by atoms with van der Waals surface area (Å²) in [6.45, 7) is 5.43. The highest BCUT2D eigenvalue weighted by Gasteiger charge is 1.90. The van der Waals surface area contributed by atoms with Gasteiger partial charge in [-0.2, -0.15) is 0 Å². The van der Waals surface area contributed by atoms with Crippen molar-refractivity contribution in [3.8, 4) is 0 Å². The van der Waals surface area contributed by atoms with Crippen molar-refractivity contribution < 1.29 is 9.53 Å². The minimum Gasteiger partial charge on any atom is -0.432 e. The number of rotatable bonds is 6. The van der Waals surface area contributed by atoms with Crippen LogP contribution in [0.25, 0.3) is 0 Å². The van der Waals surface area contributed by atoms with E-state index in [-0.39, 0.29) is 5.97 Å². The van der Waals surface area contributed by atoms with Crippen LogP contribution in [-0.2, 0) is 9.53 Å². The first-order valence-corrected chi connectivity index (χ1v) is 4.29. The molecule has 0 bridgehead atoms. The van der Waals surface area contributed by atoms with E-state index in [9.17, 15) is 4.79 Å². The van der Waals surface area contributed by atoms with Gasteiger partial charge in [-0.1, -0.05) is 32.4 Å². The predicted octanol–water partition coefficient (Wildman–Crippen LogP) is 2.81. The Morgan fingerprint density at radius 2 is 2.25 bits per heavy atom. The number of esters is 1. The molecular formula is C10H16O2. The standard InChI is InChI=1S/C10H16O2/c1-3-5-6-7-8-9-10(11)12-4-2/h4,8-9H,2-3,5-7H2,1H3.